The first kappa shape index (κ1) is 14.5. The average Bonchev–Trinajstić information content (AvgIpc) is 2.90. The predicted octanol–water partition coefficient (Wildman–Crippen LogP) is 6.46. The van der Waals surface area contributed by atoms with Gasteiger partial charge in [0.15, 0.2) is 0 Å². The summed E-state index contributed by atoms with van der Waals surface area (Å²) in [6.07, 6.45) is 10.8. The fourth-order valence-electron chi connectivity index (χ4n) is 3.29. The lowest BCUT2D eigenvalue weighted by Crippen LogP contribution is -2.15. The van der Waals surface area contributed by atoms with Crippen molar-refractivity contribution in [3.8, 4) is 0 Å². The largest absolute Gasteiger partial charge is 0.354 e. The molecule has 0 amide bonds. The van der Waals surface area contributed by atoms with Gasteiger partial charge in [-0.1, -0.05) is 72.3 Å². The summed E-state index contributed by atoms with van der Waals surface area (Å²) in [6.45, 7) is 4.53. The van der Waals surface area contributed by atoms with Gasteiger partial charge in [0.25, 0.3) is 0 Å². The minimum atomic E-state index is -0.0383. The summed E-state index contributed by atoms with van der Waals surface area (Å²) in [6, 6.07) is 13.1. The van der Waals surface area contributed by atoms with Crippen LogP contribution in [0.3, 0.4) is 0 Å². The second-order valence-corrected chi connectivity index (χ2v) is 7.54. The van der Waals surface area contributed by atoms with Crippen LogP contribution in [0.5, 0.6) is 0 Å². The molecule has 1 nitrogen and oxygen atoms in total. The molecule has 0 atom stereocenters. The molecule has 23 heavy (non-hydrogen) atoms. The number of halogens is 1. The summed E-state index contributed by atoms with van der Waals surface area (Å²) < 4.78 is 1.09. The molecule has 0 radical (unpaired) electrons. The molecule has 0 aliphatic heterocycles. The minimum Gasteiger partial charge on any atom is -0.354 e. The Bertz CT molecular complexity index is 999. The van der Waals surface area contributed by atoms with Gasteiger partial charge >= 0.3 is 0 Å². The Labute approximate surface area is 144 Å². The molecule has 4 rings (SSSR count). The van der Waals surface area contributed by atoms with Crippen LogP contribution in [0.1, 0.15) is 25.0 Å². The van der Waals surface area contributed by atoms with E-state index >= 15 is 0 Å². The van der Waals surface area contributed by atoms with Gasteiger partial charge in [-0.05, 0) is 35.4 Å². The van der Waals surface area contributed by atoms with Crippen LogP contribution in [-0.2, 0) is 5.41 Å². The maximum atomic E-state index is 3.59. The van der Waals surface area contributed by atoms with E-state index in [0.717, 1.165) is 4.48 Å². The topological polar surface area (TPSA) is 15.8 Å². The van der Waals surface area contributed by atoms with Crippen LogP contribution < -0.4 is 0 Å². The Kier molecular flexibility index (Phi) is 3.31. The first-order chi connectivity index (χ1) is 11.0. The first-order valence-corrected chi connectivity index (χ1v) is 8.62. The van der Waals surface area contributed by atoms with Crippen molar-refractivity contribution in [2.75, 3.05) is 0 Å². The highest BCUT2D eigenvalue weighted by Gasteiger charge is 2.22. The number of hydrogen-bond acceptors (Lipinski definition) is 0. The fraction of sp³-hybridized carbons (Fsp3) is 0.143. The van der Waals surface area contributed by atoms with Crippen LogP contribution in [-0.4, -0.2) is 4.98 Å². The highest BCUT2D eigenvalue weighted by molar-refractivity contribution is 9.11. The van der Waals surface area contributed by atoms with Gasteiger partial charge in [0.05, 0.1) is 0 Å². The number of para-hydroxylation sites is 1. The van der Waals surface area contributed by atoms with Crippen LogP contribution >= 0.6 is 15.9 Å². The number of aromatic amines is 1. The lowest BCUT2D eigenvalue weighted by Gasteiger charge is -2.23. The normalized spacial score (nSPS) is 21.8. The molecule has 0 unspecified atom stereocenters. The van der Waals surface area contributed by atoms with Crippen molar-refractivity contribution in [1.82, 2.24) is 4.98 Å². The van der Waals surface area contributed by atoms with Crippen molar-refractivity contribution in [1.29, 1.82) is 0 Å². The van der Waals surface area contributed by atoms with E-state index in [1.807, 2.05) is 0 Å². The highest BCUT2D eigenvalue weighted by Crippen LogP contribution is 2.36. The molecule has 0 bridgehead atoms. The van der Waals surface area contributed by atoms with E-state index in [-0.39, 0.29) is 5.41 Å². The van der Waals surface area contributed by atoms with Crippen molar-refractivity contribution < 1.29 is 0 Å². The maximum absolute atomic E-state index is 3.59. The first-order valence-electron chi connectivity index (χ1n) is 7.83. The van der Waals surface area contributed by atoms with Crippen molar-refractivity contribution in [3.05, 3.63) is 76.3 Å². The quantitative estimate of drug-likeness (QED) is 0.471. The molecule has 2 heteroatoms. The summed E-state index contributed by atoms with van der Waals surface area (Å²) in [5, 5.41) is 2.58. The third kappa shape index (κ3) is 2.47. The van der Waals surface area contributed by atoms with Gasteiger partial charge in [-0.25, -0.2) is 0 Å². The van der Waals surface area contributed by atoms with Crippen LogP contribution in [0.2, 0.25) is 0 Å². The Morgan fingerprint density at radius 2 is 1.78 bits per heavy atom. The zero-order chi connectivity index (χ0) is 16.0. The van der Waals surface area contributed by atoms with E-state index in [0.29, 0.717) is 0 Å². The smallest absolute Gasteiger partial charge is 0.0471 e. The summed E-state index contributed by atoms with van der Waals surface area (Å²) in [7, 11) is 0. The zero-order valence-electron chi connectivity index (χ0n) is 13.2. The fourth-order valence-corrected chi connectivity index (χ4v) is 3.57. The molecular weight excluding hydrogens is 346 g/mol. The second kappa shape index (κ2) is 5.24. The molecule has 2 aromatic carbocycles. The van der Waals surface area contributed by atoms with Crippen molar-refractivity contribution in [2.24, 2.45) is 0 Å². The maximum Gasteiger partial charge on any atom is 0.0471 e. The molecule has 1 N–H and O–H groups in total. The van der Waals surface area contributed by atoms with E-state index in [2.05, 4.69) is 102 Å². The van der Waals surface area contributed by atoms with Crippen LogP contribution in [0.4, 0.5) is 0 Å². The average molecular weight is 364 g/mol. The van der Waals surface area contributed by atoms with E-state index in [1.165, 1.54) is 32.9 Å². The molecule has 0 saturated heterocycles. The molecular formula is C21H18BrN. The Morgan fingerprint density at radius 3 is 2.65 bits per heavy atom. The number of fused-ring (bicyclic) bond motifs is 4. The van der Waals surface area contributed by atoms with Gasteiger partial charge in [0, 0.05) is 31.7 Å². The van der Waals surface area contributed by atoms with Gasteiger partial charge in [-0.2, -0.15) is 0 Å². The molecule has 1 aliphatic carbocycles. The number of H-pyrrole nitrogens is 1. The molecule has 0 fully saturated rings. The van der Waals surface area contributed by atoms with Gasteiger partial charge in [-0.15, -0.1) is 0 Å². The minimum absolute atomic E-state index is 0.0383. The van der Waals surface area contributed by atoms with Gasteiger partial charge < -0.3 is 4.98 Å². The second-order valence-electron chi connectivity index (χ2n) is 6.62. The van der Waals surface area contributed by atoms with Crippen molar-refractivity contribution in [2.45, 2.75) is 19.3 Å². The molecule has 0 saturated carbocycles. The molecule has 1 aliphatic rings. The monoisotopic (exact) mass is 363 g/mol. The van der Waals surface area contributed by atoms with Crippen molar-refractivity contribution in [3.63, 3.8) is 0 Å². The Hall–Kier alpha value is -2.06. The van der Waals surface area contributed by atoms with E-state index in [9.17, 15) is 0 Å². The Morgan fingerprint density at radius 1 is 0.957 bits per heavy atom. The molecule has 114 valence electrons. The van der Waals surface area contributed by atoms with Gasteiger partial charge in [-0.3, -0.25) is 0 Å². The molecule has 1 aromatic heterocycles. The number of rotatable bonds is 0. The molecule has 0 spiro atoms. The van der Waals surface area contributed by atoms with Gasteiger partial charge in [0.1, 0.15) is 0 Å². The lowest BCUT2D eigenvalue weighted by molar-refractivity contribution is 0.669. The summed E-state index contributed by atoms with van der Waals surface area (Å²) >= 11 is 3.59. The third-order valence-electron chi connectivity index (χ3n) is 4.56. The molecule has 1 heterocycles. The highest BCUT2D eigenvalue weighted by atomic mass is 79.9. The zero-order valence-corrected chi connectivity index (χ0v) is 14.8. The van der Waals surface area contributed by atoms with Crippen LogP contribution in [0.25, 0.3) is 27.9 Å². The molecule has 3 aromatic rings. The van der Waals surface area contributed by atoms with E-state index in [1.54, 1.807) is 0 Å². The lowest BCUT2D eigenvalue weighted by atomic mass is 9.80. The number of hydrogen-bond donors (Lipinski definition) is 1. The summed E-state index contributed by atoms with van der Waals surface area (Å²) in [4.78, 5) is 3.54. The van der Waals surface area contributed by atoms with Crippen LogP contribution in [0, 0.1) is 0 Å². The van der Waals surface area contributed by atoms with Crippen molar-refractivity contribution >= 4 is 43.8 Å². The predicted molar refractivity (Wildman–Crippen MR) is 104 cm³/mol. The number of aromatic nitrogens is 1. The third-order valence-corrected chi connectivity index (χ3v) is 5.09. The van der Waals surface area contributed by atoms with Gasteiger partial charge in [0.2, 0.25) is 0 Å². The SMILES string of the molecule is CC1(C)/C=C/C(Br)=C\C=C\c2cc3[nH]c4ccccc4c3cc21. The Balaban J connectivity index is 2.07. The van der Waals surface area contributed by atoms with E-state index in [4.69, 9.17) is 0 Å². The summed E-state index contributed by atoms with van der Waals surface area (Å²) in [5.74, 6) is 0. The number of benzene rings is 2. The summed E-state index contributed by atoms with van der Waals surface area (Å²) in [5.41, 5.74) is 4.95. The van der Waals surface area contributed by atoms with Crippen LogP contribution in [0.15, 0.2) is 65.2 Å². The van der Waals surface area contributed by atoms with E-state index < -0.39 is 0 Å². The standard InChI is InChI=1S/C21H18BrN/c1-21(2)11-10-15(22)7-5-6-14-12-20-17(13-18(14)21)16-8-3-4-9-19(16)23-20/h3-13,23H,1-2H3/b6-5+,11-10+,15-7+. The number of allylic oxidation sites excluding steroid dienone is 5. The number of nitrogens with one attached hydrogen (secondary N) is 1.